The Kier molecular flexibility index (Phi) is 8.76. The van der Waals surface area contributed by atoms with Gasteiger partial charge in [0.15, 0.2) is 12.4 Å². The summed E-state index contributed by atoms with van der Waals surface area (Å²) in [5.74, 6) is 0.359. The lowest BCUT2D eigenvalue weighted by molar-refractivity contribution is -0.123. The van der Waals surface area contributed by atoms with E-state index in [2.05, 4.69) is 26.1 Å². The molecule has 5 rings (SSSR count). The van der Waals surface area contributed by atoms with Crippen LogP contribution in [-0.4, -0.2) is 24.1 Å². The second kappa shape index (κ2) is 12.8. The molecule has 0 bridgehead atoms. The number of amides is 2. The van der Waals surface area contributed by atoms with Gasteiger partial charge in [-0.05, 0) is 74.4 Å². The molecule has 0 unspecified atom stereocenters. The van der Waals surface area contributed by atoms with Crippen molar-refractivity contribution in [3.05, 3.63) is 105 Å². The third kappa shape index (κ3) is 7.00. The first-order valence-corrected chi connectivity index (χ1v) is 13.6. The minimum Gasteiger partial charge on any atom is -0.482 e. The molecule has 2 N–H and O–H groups in total. The fourth-order valence-corrected chi connectivity index (χ4v) is 4.77. The van der Waals surface area contributed by atoms with Crippen molar-refractivity contribution in [1.29, 1.82) is 0 Å². The highest BCUT2D eigenvalue weighted by Crippen LogP contribution is 2.31. The minimum atomic E-state index is -0.457. The monoisotopic (exact) mass is 589 g/mol. The van der Waals surface area contributed by atoms with Crippen molar-refractivity contribution < 1.29 is 18.7 Å². The Morgan fingerprint density at radius 2 is 1.68 bits per heavy atom. The molecule has 0 saturated heterocycles. The smallest absolute Gasteiger partial charge is 0.291 e. The fraction of sp³-hybridized carbons (Fsp3) is 0.167. The highest BCUT2D eigenvalue weighted by Gasteiger charge is 2.28. The number of benzene rings is 3. The number of nitrogens with zero attached hydrogens (tertiary/aromatic N) is 3. The van der Waals surface area contributed by atoms with Gasteiger partial charge >= 0.3 is 0 Å². The molecule has 0 aliphatic heterocycles. The zero-order chi connectivity index (χ0) is 28.8. The first-order chi connectivity index (χ1) is 19.9. The SMILES string of the molecule is Cc1c(C(=O)Nc2ccc(N=Nc3ccccc3)cc2)oc2c1/C(=N/NC(=O)COc1ccc(Cl)cc1Cl)CCC2. The highest BCUT2D eigenvalue weighted by atomic mass is 35.5. The zero-order valence-corrected chi connectivity index (χ0v) is 23.5. The first kappa shape index (κ1) is 28.1. The average molecular weight is 590 g/mol. The molecule has 2 amide bonds. The van der Waals surface area contributed by atoms with Gasteiger partial charge in [0.2, 0.25) is 0 Å². The van der Waals surface area contributed by atoms with Gasteiger partial charge in [0.25, 0.3) is 11.8 Å². The summed E-state index contributed by atoms with van der Waals surface area (Å²) in [6.45, 7) is 1.52. The maximum absolute atomic E-state index is 13.1. The van der Waals surface area contributed by atoms with E-state index in [-0.39, 0.29) is 18.3 Å². The van der Waals surface area contributed by atoms with Crippen LogP contribution >= 0.6 is 23.2 Å². The highest BCUT2D eigenvalue weighted by molar-refractivity contribution is 6.35. The van der Waals surface area contributed by atoms with Crippen LogP contribution in [0, 0.1) is 6.92 Å². The van der Waals surface area contributed by atoms with E-state index < -0.39 is 5.91 Å². The number of hydrogen-bond acceptors (Lipinski definition) is 7. The van der Waals surface area contributed by atoms with Crippen molar-refractivity contribution in [3.8, 4) is 5.75 Å². The lowest BCUT2D eigenvalue weighted by Crippen LogP contribution is -2.27. The van der Waals surface area contributed by atoms with Gasteiger partial charge < -0.3 is 14.5 Å². The molecule has 1 aromatic heterocycles. The fourth-order valence-electron chi connectivity index (χ4n) is 4.30. The number of azo groups is 1. The van der Waals surface area contributed by atoms with Gasteiger partial charge in [-0.25, -0.2) is 5.43 Å². The molecule has 3 aromatic carbocycles. The van der Waals surface area contributed by atoms with Crippen molar-refractivity contribution in [3.63, 3.8) is 0 Å². The van der Waals surface area contributed by atoms with Crippen LogP contribution < -0.4 is 15.5 Å². The second-order valence-corrected chi connectivity index (χ2v) is 10.0. The Morgan fingerprint density at radius 1 is 0.951 bits per heavy atom. The van der Waals surface area contributed by atoms with E-state index in [1.165, 1.54) is 6.07 Å². The van der Waals surface area contributed by atoms with Crippen LogP contribution in [0.4, 0.5) is 17.1 Å². The summed E-state index contributed by atoms with van der Waals surface area (Å²) in [5, 5.41) is 16.4. The maximum atomic E-state index is 13.1. The number of rotatable bonds is 8. The molecule has 9 nitrogen and oxygen atoms in total. The molecule has 208 valence electrons. The number of carbonyl (C=O) groups is 2. The Labute approximate surface area is 246 Å². The van der Waals surface area contributed by atoms with Gasteiger partial charge in [0.1, 0.15) is 11.5 Å². The van der Waals surface area contributed by atoms with Gasteiger partial charge in [-0.2, -0.15) is 15.3 Å². The summed E-state index contributed by atoms with van der Waals surface area (Å²) in [6.07, 6.45) is 2.05. The Morgan fingerprint density at radius 3 is 2.41 bits per heavy atom. The van der Waals surface area contributed by atoms with Gasteiger partial charge in [0, 0.05) is 28.3 Å². The number of fused-ring (bicyclic) bond motifs is 1. The van der Waals surface area contributed by atoms with Crippen LogP contribution in [0.5, 0.6) is 5.75 Å². The number of furan rings is 1. The van der Waals surface area contributed by atoms with E-state index >= 15 is 0 Å². The van der Waals surface area contributed by atoms with E-state index in [9.17, 15) is 9.59 Å². The lowest BCUT2D eigenvalue weighted by atomic mass is 9.93. The van der Waals surface area contributed by atoms with Crippen molar-refractivity contribution in [1.82, 2.24) is 5.43 Å². The predicted octanol–water partition coefficient (Wildman–Crippen LogP) is 7.80. The summed E-state index contributed by atoms with van der Waals surface area (Å²) in [6, 6.07) is 21.2. The second-order valence-electron chi connectivity index (χ2n) is 9.20. The molecular formula is C30H25Cl2N5O4. The molecule has 41 heavy (non-hydrogen) atoms. The van der Waals surface area contributed by atoms with Crippen molar-refractivity contribution in [2.75, 3.05) is 11.9 Å². The third-order valence-electron chi connectivity index (χ3n) is 6.26. The summed E-state index contributed by atoms with van der Waals surface area (Å²) < 4.78 is 11.4. The van der Waals surface area contributed by atoms with Crippen LogP contribution in [0.25, 0.3) is 0 Å². The quantitative estimate of drug-likeness (QED) is 0.161. The first-order valence-electron chi connectivity index (χ1n) is 12.8. The molecule has 0 spiro atoms. The third-order valence-corrected chi connectivity index (χ3v) is 6.79. The predicted molar refractivity (Wildman–Crippen MR) is 158 cm³/mol. The maximum Gasteiger partial charge on any atom is 0.291 e. The van der Waals surface area contributed by atoms with Crippen LogP contribution in [0.15, 0.2) is 92.5 Å². The van der Waals surface area contributed by atoms with Crippen molar-refractivity contribution in [2.24, 2.45) is 15.3 Å². The van der Waals surface area contributed by atoms with E-state index in [1.54, 1.807) is 43.3 Å². The largest absolute Gasteiger partial charge is 0.482 e. The number of hydrogen-bond donors (Lipinski definition) is 2. The summed E-state index contributed by atoms with van der Waals surface area (Å²) >= 11 is 12.0. The van der Waals surface area contributed by atoms with E-state index in [4.69, 9.17) is 32.4 Å². The number of hydrazone groups is 1. The molecular weight excluding hydrogens is 565 g/mol. The number of aryl methyl sites for hydroxylation is 1. The number of nitrogens with one attached hydrogen (secondary N) is 2. The lowest BCUT2D eigenvalue weighted by Gasteiger charge is -2.13. The molecule has 4 aromatic rings. The molecule has 0 fully saturated rings. The molecule has 1 aliphatic rings. The number of ether oxygens (including phenoxy) is 1. The summed E-state index contributed by atoms with van der Waals surface area (Å²) in [4.78, 5) is 25.5. The van der Waals surface area contributed by atoms with Crippen molar-refractivity contribution in [2.45, 2.75) is 26.2 Å². The number of halogens is 2. The van der Waals surface area contributed by atoms with Gasteiger partial charge in [-0.1, -0.05) is 41.4 Å². The Balaban J connectivity index is 1.22. The van der Waals surface area contributed by atoms with Crippen LogP contribution in [0.2, 0.25) is 10.0 Å². The molecule has 1 heterocycles. The average Bonchev–Trinajstić information content (AvgIpc) is 3.33. The van der Waals surface area contributed by atoms with Crippen LogP contribution in [0.3, 0.4) is 0 Å². The van der Waals surface area contributed by atoms with Gasteiger partial charge in [0.05, 0.1) is 22.1 Å². The summed E-state index contributed by atoms with van der Waals surface area (Å²) in [5.41, 5.74) is 6.54. The molecule has 11 heteroatoms. The van der Waals surface area contributed by atoms with Gasteiger partial charge in [-0.15, -0.1) is 0 Å². The topological polar surface area (TPSA) is 118 Å². The van der Waals surface area contributed by atoms with E-state index in [1.807, 2.05) is 30.3 Å². The molecule has 0 atom stereocenters. The van der Waals surface area contributed by atoms with E-state index in [0.717, 1.165) is 17.7 Å². The zero-order valence-electron chi connectivity index (χ0n) is 22.0. The van der Waals surface area contributed by atoms with E-state index in [0.29, 0.717) is 57.0 Å². The number of carbonyl (C=O) groups excluding carboxylic acids is 2. The normalized spacial score (nSPS) is 13.7. The summed E-state index contributed by atoms with van der Waals surface area (Å²) in [7, 11) is 0. The van der Waals surface area contributed by atoms with Gasteiger partial charge in [-0.3, -0.25) is 9.59 Å². The standard InChI is InChI=1S/C30H25Cl2N5O4/c1-18-28-24(36-37-27(38)17-40-25-15-10-19(31)16-23(25)32)8-5-9-26(28)41-29(18)30(39)33-20-11-13-22(14-12-20)35-34-21-6-3-2-4-7-21/h2-4,6-7,10-16H,5,8-9,17H2,1H3,(H,33,39)(H,37,38)/b35-34?,36-24+. The Bertz CT molecular complexity index is 1630. The van der Waals surface area contributed by atoms with Crippen molar-refractivity contribution >= 4 is 57.8 Å². The molecule has 1 aliphatic carbocycles. The minimum absolute atomic E-state index is 0.199. The number of anilines is 1. The molecule has 0 radical (unpaired) electrons. The van der Waals surface area contributed by atoms with Crippen LogP contribution in [-0.2, 0) is 11.2 Å². The van der Waals surface area contributed by atoms with Crippen LogP contribution in [0.1, 0.15) is 40.3 Å². The molecule has 0 saturated carbocycles. The Hall–Kier alpha value is -4.47.